The third-order valence-corrected chi connectivity index (χ3v) is 3.51. The van der Waals surface area contributed by atoms with E-state index in [0.717, 1.165) is 11.3 Å². The first-order chi connectivity index (χ1) is 8.49. The van der Waals surface area contributed by atoms with E-state index in [9.17, 15) is 0 Å². The quantitative estimate of drug-likeness (QED) is 0.874. The summed E-state index contributed by atoms with van der Waals surface area (Å²) in [5, 5.41) is 0. The van der Waals surface area contributed by atoms with Crippen molar-refractivity contribution in [2.75, 3.05) is 0 Å². The van der Waals surface area contributed by atoms with Gasteiger partial charge in [0.15, 0.2) is 0 Å². The SMILES string of the molecule is Cc1ccc(C(N)c2cc(C)c(C)cc2C)cn1. The van der Waals surface area contributed by atoms with Crippen molar-refractivity contribution < 1.29 is 0 Å². The second kappa shape index (κ2) is 4.91. The zero-order valence-corrected chi connectivity index (χ0v) is 11.5. The first kappa shape index (κ1) is 12.8. The molecule has 0 radical (unpaired) electrons. The highest BCUT2D eigenvalue weighted by atomic mass is 14.7. The zero-order chi connectivity index (χ0) is 13.3. The summed E-state index contributed by atoms with van der Waals surface area (Å²) >= 11 is 0. The molecule has 1 atom stereocenters. The number of nitrogens with zero attached hydrogens (tertiary/aromatic N) is 1. The lowest BCUT2D eigenvalue weighted by Crippen LogP contribution is -2.14. The Morgan fingerprint density at radius 3 is 2.22 bits per heavy atom. The maximum Gasteiger partial charge on any atom is 0.0569 e. The number of aryl methyl sites for hydroxylation is 4. The Bertz CT molecular complexity index is 556. The predicted molar refractivity (Wildman–Crippen MR) is 75.7 cm³/mol. The molecule has 1 aromatic carbocycles. The van der Waals surface area contributed by atoms with Crippen LogP contribution < -0.4 is 5.73 Å². The van der Waals surface area contributed by atoms with Crippen LogP contribution in [-0.4, -0.2) is 4.98 Å². The number of nitrogens with two attached hydrogens (primary N) is 1. The van der Waals surface area contributed by atoms with E-state index in [1.807, 2.05) is 19.2 Å². The molecular formula is C16H20N2. The summed E-state index contributed by atoms with van der Waals surface area (Å²) in [6, 6.07) is 8.35. The summed E-state index contributed by atoms with van der Waals surface area (Å²) in [4.78, 5) is 4.32. The topological polar surface area (TPSA) is 38.9 Å². The molecule has 2 nitrogen and oxygen atoms in total. The highest BCUT2D eigenvalue weighted by molar-refractivity contribution is 5.41. The standard InChI is InChI=1S/C16H20N2/c1-10-7-12(3)15(8-11(10)2)16(17)14-6-5-13(4)18-9-14/h5-9,16H,17H2,1-4H3. The van der Waals surface area contributed by atoms with E-state index >= 15 is 0 Å². The van der Waals surface area contributed by atoms with Crippen molar-refractivity contribution >= 4 is 0 Å². The average Bonchev–Trinajstić information content (AvgIpc) is 2.34. The van der Waals surface area contributed by atoms with Crippen molar-refractivity contribution in [1.29, 1.82) is 0 Å². The van der Waals surface area contributed by atoms with Gasteiger partial charge in [0.2, 0.25) is 0 Å². The van der Waals surface area contributed by atoms with E-state index in [1.54, 1.807) is 0 Å². The van der Waals surface area contributed by atoms with E-state index in [2.05, 4.69) is 44.0 Å². The monoisotopic (exact) mass is 240 g/mol. The molecule has 1 heterocycles. The largest absolute Gasteiger partial charge is 0.320 e. The van der Waals surface area contributed by atoms with Crippen molar-refractivity contribution in [2.45, 2.75) is 33.7 Å². The molecule has 2 aromatic rings. The summed E-state index contributed by atoms with van der Waals surface area (Å²) in [6.45, 7) is 8.35. The summed E-state index contributed by atoms with van der Waals surface area (Å²) in [5.74, 6) is 0. The zero-order valence-electron chi connectivity index (χ0n) is 11.5. The number of aromatic nitrogens is 1. The Morgan fingerprint density at radius 1 is 0.944 bits per heavy atom. The fourth-order valence-corrected chi connectivity index (χ4v) is 2.16. The molecule has 2 N–H and O–H groups in total. The van der Waals surface area contributed by atoms with Gasteiger partial charge in [0.1, 0.15) is 0 Å². The van der Waals surface area contributed by atoms with Crippen LogP contribution in [0.4, 0.5) is 0 Å². The van der Waals surface area contributed by atoms with Crippen LogP contribution in [0.2, 0.25) is 0 Å². The van der Waals surface area contributed by atoms with Gasteiger partial charge in [-0.3, -0.25) is 4.98 Å². The van der Waals surface area contributed by atoms with Crippen molar-refractivity contribution in [3.05, 3.63) is 64.0 Å². The molecular weight excluding hydrogens is 220 g/mol. The van der Waals surface area contributed by atoms with Crippen LogP contribution in [0.3, 0.4) is 0 Å². The average molecular weight is 240 g/mol. The maximum absolute atomic E-state index is 6.35. The van der Waals surface area contributed by atoms with Gasteiger partial charge in [0.05, 0.1) is 6.04 Å². The number of rotatable bonds is 2. The third-order valence-electron chi connectivity index (χ3n) is 3.51. The highest BCUT2D eigenvalue weighted by Crippen LogP contribution is 2.25. The summed E-state index contributed by atoms with van der Waals surface area (Å²) < 4.78 is 0. The molecule has 0 bridgehead atoms. The molecule has 0 aliphatic carbocycles. The van der Waals surface area contributed by atoms with Crippen molar-refractivity contribution in [2.24, 2.45) is 5.73 Å². The minimum absolute atomic E-state index is 0.0996. The first-order valence-electron chi connectivity index (χ1n) is 6.25. The van der Waals surface area contributed by atoms with E-state index in [0.29, 0.717) is 0 Å². The van der Waals surface area contributed by atoms with Crippen LogP contribution in [0.15, 0.2) is 30.5 Å². The summed E-state index contributed by atoms with van der Waals surface area (Å²) in [7, 11) is 0. The van der Waals surface area contributed by atoms with Gasteiger partial charge in [0.25, 0.3) is 0 Å². The molecule has 0 fully saturated rings. The lowest BCUT2D eigenvalue weighted by Gasteiger charge is -2.17. The fraction of sp³-hybridized carbons (Fsp3) is 0.312. The molecule has 2 rings (SSSR count). The lowest BCUT2D eigenvalue weighted by molar-refractivity contribution is 0.848. The lowest BCUT2D eigenvalue weighted by atomic mass is 9.93. The van der Waals surface area contributed by atoms with Gasteiger partial charge in [-0.1, -0.05) is 18.2 Å². The maximum atomic E-state index is 6.35. The van der Waals surface area contributed by atoms with Crippen molar-refractivity contribution in [1.82, 2.24) is 4.98 Å². The molecule has 0 saturated carbocycles. The van der Waals surface area contributed by atoms with Gasteiger partial charge in [-0.05, 0) is 61.6 Å². The number of benzene rings is 1. The minimum atomic E-state index is -0.0996. The Hall–Kier alpha value is -1.67. The first-order valence-corrected chi connectivity index (χ1v) is 6.25. The summed E-state index contributed by atoms with van der Waals surface area (Å²) in [5.41, 5.74) is 13.4. The van der Waals surface area contributed by atoms with Crippen molar-refractivity contribution in [3.8, 4) is 0 Å². The van der Waals surface area contributed by atoms with Gasteiger partial charge in [-0.25, -0.2) is 0 Å². The fourth-order valence-electron chi connectivity index (χ4n) is 2.16. The molecule has 0 saturated heterocycles. The number of hydrogen-bond donors (Lipinski definition) is 1. The molecule has 1 aromatic heterocycles. The Kier molecular flexibility index (Phi) is 3.48. The molecule has 0 aliphatic rings. The molecule has 94 valence electrons. The molecule has 0 amide bonds. The second-order valence-electron chi connectivity index (χ2n) is 5.00. The van der Waals surface area contributed by atoms with Crippen LogP contribution in [0.5, 0.6) is 0 Å². The van der Waals surface area contributed by atoms with Gasteiger partial charge in [-0.15, -0.1) is 0 Å². The molecule has 18 heavy (non-hydrogen) atoms. The predicted octanol–water partition coefficient (Wildman–Crippen LogP) is 3.36. The Morgan fingerprint density at radius 2 is 1.61 bits per heavy atom. The van der Waals surface area contributed by atoms with Gasteiger partial charge >= 0.3 is 0 Å². The van der Waals surface area contributed by atoms with Gasteiger partial charge in [0, 0.05) is 11.9 Å². The normalized spacial score (nSPS) is 12.5. The van der Waals surface area contributed by atoms with E-state index in [-0.39, 0.29) is 6.04 Å². The molecule has 0 aliphatic heterocycles. The van der Waals surface area contributed by atoms with Crippen LogP contribution in [0, 0.1) is 27.7 Å². The van der Waals surface area contributed by atoms with E-state index < -0.39 is 0 Å². The van der Waals surface area contributed by atoms with Crippen LogP contribution in [-0.2, 0) is 0 Å². The van der Waals surface area contributed by atoms with Crippen molar-refractivity contribution in [3.63, 3.8) is 0 Å². The molecule has 2 heteroatoms. The minimum Gasteiger partial charge on any atom is -0.320 e. The second-order valence-corrected chi connectivity index (χ2v) is 5.00. The summed E-state index contributed by atoms with van der Waals surface area (Å²) in [6.07, 6.45) is 1.87. The highest BCUT2D eigenvalue weighted by Gasteiger charge is 2.12. The smallest absolute Gasteiger partial charge is 0.0569 e. The Balaban J connectivity index is 2.42. The third kappa shape index (κ3) is 2.44. The number of hydrogen-bond acceptors (Lipinski definition) is 2. The molecule has 1 unspecified atom stereocenters. The van der Waals surface area contributed by atoms with Gasteiger partial charge < -0.3 is 5.73 Å². The van der Waals surface area contributed by atoms with E-state index in [1.165, 1.54) is 22.3 Å². The van der Waals surface area contributed by atoms with Crippen LogP contribution in [0.1, 0.15) is 39.6 Å². The van der Waals surface area contributed by atoms with Gasteiger partial charge in [-0.2, -0.15) is 0 Å². The number of pyridine rings is 1. The molecule has 0 spiro atoms. The van der Waals surface area contributed by atoms with Crippen LogP contribution in [0.25, 0.3) is 0 Å². The van der Waals surface area contributed by atoms with Crippen LogP contribution >= 0.6 is 0 Å². The van der Waals surface area contributed by atoms with E-state index in [4.69, 9.17) is 5.73 Å². The Labute approximate surface area is 109 Å².